The zero-order chi connectivity index (χ0) is 11.4. The molecule has 0 spiro atoms. The molecule has 2 nitrogen and oxygen atoms in total. The Hall–Kier alpha value is -1.31. The summed E-state index contributed by atoms with van der Waals surface area (Å²) in [5, 5.41) is 5.92. The van der Waals surface area contributed by atoms with Crippen LogP contribution in [0.25, 0.3) is 10.9 Å². The summed E-state index contributed by atoms with van der Waals surface area (Å²) in [7, 11) is 0. The average molecular weight is 216 g/mol. The third-order valence-electron chi connectivity index (χ3n) is 3.05. The minimum absolute atomic E-state index is 0.572. The number of hydrogen-bond donors (Lipinski definition) is 0. The standard InChI is InChI=1S/C14H20N2/c1-3-7-13(8-4-2)16-11-12-9-5-6-10-14(12)15-16/h5-6,9-11,13H,3-4,7-8H2,1-2H3. The Labute approximate surface area is 97.3 Å². The molecule has 0 aliphatic heterocycles. The van der Waals surface area contributed by atoms with E-state index in [2.05, 4.69) is 48.0 Å². The normalized spacial score (nSPS) is 11.4. The van der Waals surface area contributed by atoms with Gasteiger partial charge in [-0.1, -0.05) is 44.9 Å². The molecule has 1 heterocycles. The van der Waals surface area contributed by atoms with Crippen molar-refractivity contribution in [2.75, 3.05) is 0 Å². The highest BCUT2D eigenvalue weighted by molar-refractivity contribution is 5.77. The maximum atomic E-state index is 4.67. The third kappa shape index (κ3) is 2.26. The largest absolute Gasteiger partial charge is 0.268 e. The summed E-state index contributed by atoms with van der Waals surface area (Å²) in [6.45, 7) is 4.48. The van der Waals surface area contributed by atoms with Crippen molar-refractivity contribution in [1.82, 2.24) is 9.78 Å². The fourth-order valence-corrected chi connectivity index (χ4v) is 2.25. The molecule has 0 N–H and O–H groups in total. The van der Waals surface area contributed by atoms with Gasteiger partial charge in [-0.05, 0) is 18.9 Å². The van der Waals surface area contributed by atoms with Crippen LogP contribution >= 0.6 is 0 Å². The Kier molecular flexibility index (Phi) is 3.60. The van der Waals surface area contributed by atoms with Gasteiger partial charge in [0.2, 0.25) is 0 Å². The molecule has 0 radical (unpaired) electrons. The molecule has 0 aliphatic rings. The van der Waals surface area contributed by atoms with Gasteiger partial charge in [0, 0.05) is 11.6 Å². The number of aromatic nitrogens is 2. The predicted octanol–water partition coefficient (Wildman–Crippen LogP) is 4.18. The summed E-state index contributed by atoms with van der Waals surface area (Å²) in [6.07, 6.45) is 7.08. The molecule has 2 aromatic rings. The minimum Gasteiger partial charge on any atom is -0.268 e. The summed E-state index contributed by atoms with van der Waals surface area (Å²) < 4.78 is 2.16. The van der Waals surface area contributed by atoms with Crippen LogP contribution in [-0.4, -0.2) is 9.78 Å². The Morgan fingerprint density at radius 3 is 2.44 bits per heavy atom. The third-order valence-corrected chi connectivity index (χ3v) is 3.05. The van der Waals surface area contributed by atoms with Crippen LogP contribution in [0.1, 0.15) is 45.6 Å². The maximum absolute atomic E-state index is 4.67. The van der Waals surface area contributed by atoms with Gasteiger partial charge in [-0.2, -0.15) is 5.10 Å². The van der Waals surface area contributed by atoms with E-state index in [4.69, 9.17) is 0 Å². The van der Waals surface area contributed by atoms with E-state index in [1.54, 1.807) is 0 Å². The monoisotopic (exact) mass is 216 g/mol. The summed E-state index contributed by atoms with van der Waals surface area (Å²) in [6, 6.07) is 8.91. The van der Waals surface area contributed by atoms with E-state index in [1.807, 2.05) is 6.07 Å². The highest BCUT2D eigenvalue weighted by Crippen LogP contribution is 2.22. The van der Waals surface area contributed by atoms with E-state index in [1.165, 1.54) is 31.1 Å². The Morgan fingerprint density at radius 2 is 1.81 bits per heavy atom. The van der Waals surface area contributed by atoms with Crippen LogP contribution in [0, 0.1) is 0 Å². The molecule has 0 saturated carbocycles. The quantitative estimate of drug-likeness (QED) is 0.733. The van der Waals surface area contributed by atoms with Crippen molar-refractivity contribution < 1.29 is 0 Å². The smallest absolute Gasteiger partial charge is 0.0923 e. The fourth-order valence-electron chi connectivity index (χ4n) is 2.25. The van der Waals surface area contributed by atoms with Crippen LogP contribution in [0.4, 0.5) is 0 Å². The van der Waals surface area contributed by atoms with Gasteiger partial charge >= 0.3 is 0 Å². The molecular weight excluding hydrogens is 196 g/mol. The number of benzene rings is 1. The topological polar surface area (TPSA) is 17.8 Å². The minimum atomic E-state index is 0.572. The Balaban J connectivity index is 2.29. The van der Waals surface area contributed by atoms with Gasteiger partial charge in [0.15, 0.2) is 0 Å². The van der Waals surface area contributed by atoms with Crippen LogP contribution in [0.2, 0.25) is 0 Å². The molecule has 0 atom stereocenters. The van der Waals surface area contributed by atoms with Crippen molar-refractivity contribution in [3.8, 4) is 0 Å². The number of nitrogens with zero attached hydrogens (tertiary/aromatic N) is 2. The van der Waals surface area contributed by atoms with E-state index in [0.29, 0.717) is 6.04 Å². The van der Waals surface area contributed by atoms with Gasteiger partial charge in [0.25, 0.3) is 0 Å². The molecule has 2 rings (SSSR count). The van der Waals surface area contributed by atoms with Crippen molar-refractivity contribution in [3.05, 3.63) is 30.5 Å². The van der Waals surface area contributed by atoms with Gasteiger partial charge in [-0.3, -0.25) is 4.68 Å². The van der Waals surface area contributed by atoms with Crippen LogP contribution in [0.3, 0.4) is 0 Å². The number of hydrogen-bond acceptors (Lipinski definition) is 1. The summed E-state index contributed by atoms with van der Waals surface area (Å²) >= 11 is 0. The molecule has 1 aromatic heterocycles. The van der Waals surface area contributed by atoms with Crippen LogP contribution < -0.4 is 0 Å². The molecule has 0 bridgehead atoms. The lowest BCUT2D eigenvalue weighted by Gasteiger charge is -2.15. The average Bonchev–Trinajstić information content (AvgIpc) is 2.72. The molecule has 16 heavy (non-hydrogen) atoms. The zero-order valence-corrected chi connectivity index (χ0v) is 10.2. The first-order valence-corrected chi connectivity index (χ1v) is 6.29. The fraction of sp³-hybridized carbons (Fsp3) is 0.500. The second kappa shape index (κ2) is 5.15. The second-order valence-corrected chi connectivity index (χ2v) is 4.40. The predicted molar refractivity (Wildman–Crippen MR) is 68.6 cm³/mol. The van der Waals surface area contributed by atoms with E-state index in [0.717, 1.165) is 5.52 Å². The van der Waals surface area contributed by atoms with Crippen LogP contribution in [-0.2, 0) is 0 Å². The van der Waals surface area contributed by atoms with Gasteiger partial charge in [-0.15, -0.1) is 0 Å². The van der Waals surface area contributed by atoms with Crippen molar-refractivity contribution in [2.45, 2.75) is 45.6 Å². The first-order valence-electron chi connectivity index (χ1n) is 6.29. The SMILES string of the molecule is CCCC(CCC)n1cc2ccccc2n1. The lowest BCUT2D eigenvalue weighted by atomic mass is 10.1. The molecular formula is C14H20N2. The van der Waals surface area contributed by atoms with Crippen molar-refractivity contribution in [3.63, 3.8) is 0 Å². The number of fused-ring (bicyclic) bond motifs is 1. The van der Waals surface area contributed by atoms with Crippen molar-refractivity contribution in [2.24, 2.45) is 0 Å². The van der Waals surface area contributed by atoms with Gasteiger partial charge in [-0.25, -0.2) is 0 Å². The highest BCUT2D eigenvalue weighted by atomic mass is 15.3. The zero-order valence-electron chi connectivity index (χ0n) is 10.2. The first-order chi connectivity index (χ1) is 7.85. The van der Waals surface area contributed by atoms with E-state index >= 15 is 0 Å². The molecule has 86 valence electrons. The molecule has 0 fully saturated rings. The van der Waals surface area contributed by atoms with Gasteiger partial charge in [0.1, 0.15) is 0 Å². The lowest BCUT2D eigenvalue weighted by molar-refractivity contribution is 0.394. The van der Waals surface area contributed by atoms with E-state index in [-0.39, 0.29) is 0 Å². The van der Waals surface area contributed by atoms with Crippen molar-refractivity contribution in [1.29, 1.82) is 0 Å². The van der Waals surface area contributed by atoms with E-state index in [9.17, 15) is 0 Å². The Morgan fingerprint density at radius 1 is 1.12 bits per heavy atom. The second-order valence-electron chi connectivity index (χ2n) is 4.40. The molecule has 1 aromatic carbocycles. The summed E-state index contributed by atoms with van der Waals surface area (Å²) in [5.74, 6) is 0. The molecule has 0 unspecified atom stereocenters. The summed E-state index contributed by atoms with van der Waals surface area (Å²) in [5.41, 5.74) is 1.11. The van der Waals surface area contributed by atoms with Gasteiger partial charge in [0.05, 0.1) is 11.6 Å². The number of rotatable bonds is 5. The van der Waals surface area contributed by atoms with Crippen LogP contribution in [0.15, 0.2) is 30.5 Å². The molecule has 2 heteroatoms. The lowest BCUT2D eigenvalue weighted by Crippen LogP contribution is -2.09. The Bertz CT molecular complexity index is 406. The highest BCUT2D eigenvalue weighted by Gasteiger charge is 2.10. The molecule has 0 saturated heterocycles. The van der Waals surface area contributed by atoms with E-state index < -0.39 is 0 Å². The summed E-state index contributed by atoms with van der Waals surface area (Å²) in [4.78, 5) is 0. The van der Waals surface area contributed by atoms with Crippen molar-refractivity contribution >= 4 is 10.9 Å². The van der Waals surface area contributed by atoms with Crippen LogP contribution in [0.5, 0.6) is 0 Å². The molecule has 0 amide bonds. The maximum Gasteiger partial charge on any atom is 0.0923 e. The van der Waals surface area contributed by atoms with Gasteiger partial charge < -0.3 is 0 Å². The molecule has 0 aliphatic carbocycles. The first kappa shape index (κ1) is 11.2.